The number of furan rings is 1. The molecule has 0 aliphatic rings. The van der Waals surface area contributed by atoms with E-state index in [0.29, 0.717) is 20.7 Å². The first-order chi connectivity index (χ1) is 4.38. The zero-order valence-corrected chi connectivity index (χ0v) is 6.67. The van der Waals surface area contributed by atoms with Crippen LogP contribution in [0.4, 0.5) is 0 Å². The molecule has 0 bridgehead atoms. The fraction of sp³-hybridized carbons (Fsp3) is 0.167. The SMILES string of the molecule is C[Se]c1ccoc1C=O. The van der Waals surface area contributed by atoms with Gasteiger partial charge in [0, 0.05) is 0 Å². The van der Waals surface area contributed by atoms with Crippen LogP contribution in [-0.2, 0) is 0 Å². The third-order valence-corrected chi connectivity index (χ3v) is 2.61. The summed E-state index contributed by atoms with van der Waals surface area (Å²) in [6.45, 7) is 0. The van der Waals surface area contributed by atoms with Crippen molar-refractivity contribution in [2.75, 3.05) is 0 Å². The van der Waals surface area contributed by atoms with Gasteiger partial charge in [0.2, 0.25) is 0 Å². The molecule has 1 aromatic rings. The molecule has 0 atom stereocenters. The van der Waals surface area contributed by atoms with Crippen molar-refractivity contribution in [2.24, 2.45) is 0 Å². The maximum absolute atomic E-state index is 10.2. The molecule has 1 rings (SSSR count). The summed E-state index contributed by atoms with van der Waals surface area (Å²) >= 11 is 0.364. The van der Waals surface area contributed by atoms with Gasteiger partial charge >= 0.3 is 58.8 Å². The van der Waals surface area contributed by atoms with Crippen molar-refractivity contribution < 1.29 is 9.21 Å². The molecule has 1 aromatic heterocycles. The van der Waals surface area contributed by atoms with E-state index in [9.17, 15) is 4.79 Å². The van der Waals surface area contributed by atoms with Crippen molar-refractivity contribution in [2.45, 2.75) is 5.82 Å². The Labute approximate surface area is 59.4 Å². The van der Waals surface area contributed by atoms with Crippen molar-refractivity contribution in [1.82, 2.24) is 0 Å². The fourth-order valence-corrected chi connectivity index (χ4v) is 1.59. The van der Waals surface area contributed by atoms with Crippen LogP contribution in [0.3, 0.4) is 0 Å². The Morgan fingerprint density at radius 1 is 1.78 bits per heavy atom. The summed E-state index contributed by atoms with van der Waals surface area (Å²) in [5, 5.41) is 0. The van der Waals surface area contributed by atoms with Gasteiger partial charge in [0.15, 0.2) is 0 Å². The molecule has 0 saturated heterocycles. The normalized spacial score (nSPS) is 9.44. The molecule has 0 radical (unpaired) electrons. The second-order valence-electron chi connectivity index (χ2n) is 1.47. The Kier molecular flexibility index (Phi) is 2.09. The van der Waals surface area contributed by atoms with E-state index >= 15 is 0 Å². The molecule has 0 N–H and O–H groups in total. The Morgan fingerprint density at radius 2 is 2.56 bits per heavy atom. The Balaban J connectivity index is 2.98. The van der Waals surface area contributed by atoms with Crippen LogP contribution in [0, 0.1) is 0 Å². The molecule has 9 heavy (non-hydrogen) atoms. The predicted molar refractivity (Wildman–Crippen MR) is 35.3 cm³/mol. The molecular formula is C6H6O2Se. The first kappa shape index (κ1) is 6.59. The molecule has 0 aliphatic heterocycles. The molecule has 48 valence electrons. The molecule has 0 unspecified atom stereocenters. The van der Waals surface area contributed by atoms with Crippen molar-refractivity contribution in [1.29, 1.82) is 0 Å². The van der Waals surface area contributed by atoms with Crippen LogP contribution in [0.15, 0.2) is 16.7 Å². The van der Waals surface area contributed by atoms with Gasteiger partial charge in [0.25, 0.3) is 0 Å². The summed E-state index contributed by atoms with van der Waals surface area (Å²) in [5.74, 6) is 2.53. The van der Waals surface area contributed by atoms with Crippen LogP contribution in [0.25, 0.3) is 0 Å². The van der Waals surface area contributed by atoms with Gasteiger partial charge in [-0.15, -0.1) is 0 Å². The second-order valence-corrected chi connectivity index (χ2v) is 3.25. The zero-order valence-electron chi connectivity index (χ0n) is 4.96. The van der Waals surface area contributed by atoms with Gasteiger partial charge in [-0.2, -0.15) is 0 Å². The fourth-order valence-electron chi connectivity index (χ4n) is 0.564. The Hall–Kier alpha value is -0.531. The van der Waals surface area contributed by atoms with Crippen LogP contribution in [0.1, 0.15) is 10.6 Å². The molecule has 0 fully saturated rings. The quantitative estimate of drug-likeness (QED) is 0.500. The molecule has 0 saturated carbocycles. The first-order valence-electron chi connectivity index (χ1n) is 2.45. The van der Waals surface area contributed by atoms with Crippen molar-refractivity contribution in [3.8, 4) is 0 Å². The summed E-state index contributed by atoms with van der Waals surface area (Å²) in [7, 11) is 0. The van der Waals surface area contributed by atoms with Gasteiger partial charge in [-0.25, -0.2) is 0 Å². The molecular weight excluding hydrogens is 183 g/mol. The number of carbonyl (C=O) groups is 1. The van der Waals surface area contributed by atoms with Crippen LogP contribution < -0.4 is 4.46 Å². The third kappa shape index (κ3) is 1.23. The Bertz CT molecular complexity index is 205. The van der Waals surface area contributed by atoms with E-state index in [-0.39, 0.29) is 0 Å². The number of carbonyl (C=O) groups excluding carboxylic acids is 1. The van der Waals surface area contributed by atoms with E-state index in [1.165, 1.54) is 0 Å². The molecule has 0 amide bonds. The average molecular weight is 189 g/mol. The minimum absolute atomic E-state index is 0.364. The Morgan fingerprint density at radius 3 is 3.00 bits per heavy atom. The minimum atomic E-state index is 0.364. The molecule has 1 heterocycles. The number of hydrogen-bond donors (Lipinski definition) is 0. The van der Waals surface area contributed by atoms with Gasteiger partial charge < -0.3 is 0 Å². The van der Waals surface area contributed by atoms with E-state index in [2.05, 4.69) is 0 Å². The standard InChI is InChI=1S/C6H6O2Se/c1-9-6-2-3-8-5(6)4-7/h2-4H,1H3. The molecule has 3 heteroatoms. The third-order valence-electron chi connectivity index (χ3n) is 0.984. The van der Waals surface area contributed by atoms with Crippen molar-refractivity contribution in [3.63, 3.8) is 0 Å². The van der Waals surface area contributed by atoms with Gasteiger partial charge in [-0.05, 0) is 0 Å². The summed E-state index contributed by atoms with van der Waals surface area (Å²) in [5.41, 5.74) is 0. The number of aldehydes is 1. The topological polar surface area (TPSA) is 30.2 Å². The molecule has 0 spiro atoms. The predicted octanol–water partition coefficient (Wildman–Crippen LogP) is 0.470. The van der Waals surface area contributed by atoms with E-state index in [1.807, 2.05) is 11.9 Å². The van der Waals surface area contributed by atoms with Crippen LogP contribution >= 0.6 is 0 Å². The van der Waals surface area contributed by atoms with E-state index < -0.39 is 0 Å². The molecule has 0 aromatic carbocycles. The maximum atomic E-state index is 10.2. The monoisotopic (exact) mass is 190 g/mol. The summed E-state index contributed by atoms with van der Waals surface area (Å²) in [6, 6.07) is 1.84. The summed E-state index contributed by atoms with van der Waals surface area (Å²) < 4.78 is 5.89. The van der Waals surface area contributed by atoms with E-state index in [0.717, 1.165) is 10.7 Å². The number of rotatable bonds is 2. The van der Waals surface area contributed by atoms with Gasteiger partial charge in [-0.3, -0.25) is 0 Å². The van der Waals surface area contributed by atoms with E-state index in [4.69, 9.17) is 4.42 Å². The van der Waals surface area contributed by atoms with Crippen LogP contribution in [0.2, 0.25) is 5.82 Å². The van der Waals surface area contributed by atoms with Gasteiger partial charge in [-0.1, -0.05) is 0 Å². The molecule has 0 aliphatic carbocycles. The van der Waals surface area contributed by atoms with Crippen molar-refractivity contribution in [3.05, 3.63) is 18.1 Å². The van der Waals surface area contributed by atoms with Crippen LogP contribution in [0.5, 0.6) is 0 Å². The first-order valence-corrected chi connectivity index (χ1v) is 5.02. The number of hydrogen-bond acceptors (Lipinski definition) is 2. The van der Waals surface area contributed by atoms with Crippen molar-refractivity contribution >= 4 is 25.7 Å². The summed E-state index contributed by atoms with van der Waals surface area (Å²) in [6.07, 6.45) is 2.30. The summed E-state index contributed by atoms with van der Waals surface area (Å²) in [4.78, 5) is 10.2. The second kappa shape index (κ2) is 2.85. The van der Waals surface area contributed by atoms with E-state index in [1.54, 1.807) is 6.26 Å². The molecule has 2 nitrogen and oxygen atoms in total. The van der Waals surface area contributed by atoms with Gasteiger partial charge in [0.1, 0.15) is 0 Å². The van der Waals surface area contributed by atoms with Gasteiger partial charge in [0.05, 0.1) is 0 Å². The zero-order chi connectivity index (χ0) is 6.69. The average Bonchev–Trinajstić information content (AvgIpc) is 2.33. The van der Waals surface area contributed by atoms with Crippen LogP contribution in [-0.4, -0.2) is 21.2 Å².